The number of aliphatic carboxylic acids is 1. The highest BCUT2D eigenvalue weighted by molar-refractivity contribution is 7.90. The maximum atomic E-state index is 13.4. The molecule has 2 aromatic heterocycles. The average Bonchev–Trinajstić information content (AvgIpc) is 3.22. The van der Waals surface area contributed by atoms with E-state index in [1.54, 1.807) is 48.7 Å². The van der Waals surface area contributed by atoms with Crippen LogP contribution in [0.4, 0.5) is 0 Å². The number of aryl methyl sites for hydroxylation is 1. The molecule has 0 aliphatic rings. The molecular formula is C19H15ClN2O4S. The van der Waals surface area contributed by atoms with E-state index in [1.165, 1.54) is 10.0 Å². The van der Waals surface area contributed by atoms with Gasteiger partial charge in [0.15, 0.2) is 0 Å². The van der Waals surface area contributed by atoms with Crippen LogP contribution in [0.25, 0.3) is 21.8 Å². The normalized spacial score (nSPS) is 12.0. The van der Waals surface area contributed by atoms with E-state index in [0.29, 0.717) is 21.6 Å². The first-order chi connectivity index (χ1) is 12.9. The lowest BCUT2D eigenvalue weighted by molar-refractivity contribution is -0.136. The third kappa shape index (κ3) is 3.09. The van der Waals surface area contributed by atoms with E-state index in [0.717, 1.165) is 10.9 Å². The first-order valence-electron chi connectivity index (χ1n) is 8.21. The molecule has 0 bridgehead atoms. The number of nitrogens with zero attached hydrogens (tertiary/aromatic N) is 1. The minimum atomic E-state index is -3.92. The molecule has 2 heterocycles. The number of H-pyrrole nitrogens is 1. The van der Waals surface area contributed by atoms with Gasteiger partial charge in [0.1, 0.15) is 0 Å². The first kappa shape index (κ1) is 17.6. The van der Waals surface area contributed by atoms with E-state index >= 15 is 0 Å². The Kier molecular flexibility index (Phi) is 4.20. The van der Waals surface area contributed by atoms with Crippen LogP contribution in [0.1, 0.15) is 12.1 Å². The second-order valence-corrected chi connectivity index (χ2v) is 8.45. The fraction of sp³-hybridized carbons (Fsp3) is 0.105. The van der Waals surface area contributed by atoms with Crippen LogP contribution in [0.2, 0.25) is 5.02 Å². The topological polar surface area (TPSA) is 92.2 Å². The van der Waals surface area contributed by atoms with Crippen LogP contribution in [0.5, 0.6) is 0 Å². The summed E-state index contributed by atoms with van der Waals surface area (Å²) in [7, 11) is -3.92. The number of carboxylic acids is 1. The van der Waals surface area contributed by atoms with Crippen LogP contribution in [0.15, 0.2) is 59.6 Å². The number of rotatable bonds is 5. The van der Waals surface area contributed by atoms with Crippen molar-refractivity contribution < 1.29 is 18.3 Å². The van der Waals surface area contributed by atoms with E-state index in [-0.39, 0.29) is 17.7 Å². The highest BCUT2D eigenvalue weighted by Crippen LogP contribution is 2.29. The van der Waals surface area contributed by atoms with Gasteiger partial charge in [-0.05, 0) is 55.0 Å². The van der Waals surface area contributed by atoms with Gasteiger partial charge in [0, 0.05) is 33.2 Å². The van der Waals surface area contributed by atoms with Gasteiger partial charge in [-0.15, -0.1) is 0 Å². The molecule has 0 aliphatic carbocycles. The summed E-state index contributed by atoms with van der Waals surface area (Å²) in [6, 6.07) is 13.2. The second kappa shape index (κ2) is 6.44. The fourth-order valence-corrected chi connectivity index (χ4v) is 4.99. The summed E-state index contributed by atoms with van der Waals surface area (Å²) < 4.78 is 28.0. The fourth-order valence-electron chi connectivity index (χ4n) is 3.21. The number of benzene rings is 2. The monoisotopic (exact) mass is 402 g/mol. The van der Waals surface area contributed by atoms with Crippen molar-refractivity contribution in [2.45, 2.75) is 17.7 Å². The lowest BCUT2D eigenvalue weighted by Gasteiger charge is -2.12. The van der Waals surface area contributed by atoms with Crippen molar-refractivity contribution in [1.29, 1.82) is 0 Å². The second-order valence-electron chi connectivity index (χ2n) is 6.23. The van der Waals surface area contributed by atoms with Gasteiger partial charge in [-0.3, -0.25) is 4.79 Å². The molecule has 4 rings (SSSR count). The van der Waals surface area contributed by atoms with E-state index < -0.39 is 16.0 Å². The molecule has 0 spiro atoms. The number of aromatic amines is 1. The van der Waals surface area contributed by atoms with Crippen molar-refractivity contribution in [2.24, 2.45) is 0 Å². The van der Waals surface area contributed by atoms with Gasteiger partial charge in [-0.1, -0.05) is 11.6 Å². The summed E-state index contributed by atoms with van der Waals surface area (Å²) in [5, 5.41) is 10.9. The van der Waals surface area contributed by atoms with Gasteiger partial charge < -0.3 is 10.1 Å². The number of hydrogen-bond acceptors (Lipinski definition) is 3. The lowest BCUT2D eigenvalue weighted by atomic mass is 10.2. The van der Waals surface area contributed by atoms with Crippen molar-refractivity contribution in [3.05, 3.63) is 65.4 Å². The molecule has 6 nitrogen and oxygen atoms in total. The predicted octanol–water partition coefficient (Wildman–Crippen LogP) is 4.03. The summed E-state index contributed by atoms with van der Waals surface area (Å²) in [5.74, 6) is -0.990. The van der Waals surface area contributed by atoms with Gasteiger partial charge >= 0.3 is 5.97 Å². The molecule has 2 aromatic carbocycles. The summed E-state index contributed by atoms with van der Waals surface area (Å²) in [6.45, 7) is 0. The molecule has 0 unspecified atom stereocenters. The van der Waals surface area contributed by atoms with Gasteiger partial charge in [0.25, 0.3) is 10.0 Å². The van der Waals surface area contributed by atoms with Crippen molar-refractivity contribution in [3.63, 3.8) is 0 Å². The zero-order valence-electron chi connectivity index (χ0n) is 14.0. The predicted molar refractivity (Wildman–Crippen MR) is 104 cm³/mol. The van der Waals surface area contributed by atoms with Crippen LogP contribution >= 0.6 is 11.6 Å². The van der Waals surface area contributed by atoms with Crippen molar-refractivity contribution >= 4 is 49.4 Å². The Balaban J connectivity index is 1.94. The Labute approximate surface area is 160 Å². The molecule has 138 valence electrons. The zero-order valence-corrected chi connectivity index (χ0v) is 15.6. The lowest BCUT2D eigenvalue weighted by Crippen LogP contribution is -2.16. The van der Waals surface area contributed by atoms with Crippen LogP contribution in [0, 0.1) is 0 Å². The average molecular weight is 403 g/mol. The molecule has 0 amide bonds. The number of carbonyl (C=O) groups is 1. The Bertz CT molecular complexity index is 1290. The summed E-state index contributed by atoms with van der Waals surface area (Å²) in [5.41, 5.74) is 1.71. The summed E-state index contributed by atoms with van der Waals surface area (Å²) in [4.78, 5) is 14.2. The van der Waals surface area contributed by atoms with Gasteiger partial charge in [-0.2, -0.15) is 0 Å². The highest BCUT2D eigenvalue weighted by atomic mass is 35.5. The third-order valence-electron chi connectivity index (χ3n) is 4.45. The molecule has 2 N–H and O–H groups in total. The van der Waals surface area contributed by atoms with E-state index in [2.05, 4.69) is 4.98 Å². The number of carboxylic acid groups (broad SMARTS) is 1. The number of hydrogen-bond donors (Lipinski definition) is 2. The maximum Gasteiger partial charge on any atom is 0.303 e. The minimum absolute atomic E-state index is 0.0905. The SMILES string of the molecule is O=C(O)CCc1cc2cc(Cl)ccc2n1S(=O)(=O)c1ccc2[nH]ccc2c1. The quantitative estimate of drug-likeness (QED) is 0.527. The van der Waals surface area contributed by atoms with Crippen LogP contribution in [-0.2, 0) is 21.2 Å². The summed E-state index contributed by atoms with van der Waals surface area (Å²) in [6.07, 6.45) is 1.66. The summed E-state index contributed by atoms with van der Waals surface area (Å²) >= 11 is 6.04. The highest BCUT2D eigenvalue weighted by Gasteiger charge is 2.24. The molecule has 0 atom stereocenters. The van der Waals surface area contributed by atoms with E-state index in [9.17, 15) is 13.2 Å². The molecule has 27 heavy (non-hydrogen) atoms. The Morgan fingerprint density at radius 2 is 1.89 bits per heavy atom. The maximum absolute atomic E-state index is 13.4. The number of nitrogens with one attached hydrogen (secondary N) is 1. The van der Waals surface area contributed by atoms with Crippen molar-refractivity contribution in [1.82, 2.24) is 8.96 Å². The molecule has 0 radical (unpaired) electrons. The third-order valence-corrected chi connectivity index (χ3v) is 6.45. The Hall–Kier alpha value is -2.77. The number of fused-ring (bicyclic) bond motifs is 2. The van der Waals surface area contributed by atoms with Crippen molar-refractivity contribution in [3.8, 4) is 0 Å². The van der Waals surface area contributed by atoms with Crippen LogP contribution < -0.4 is 0 Å². The smallest absolute Gasteiger partial charge is 0.303 e. The molecule has 0 saturated carbocycles. The largest absolute Gasteiger partial charge is 0.481 e. The molecule has 4 aromatic rings. The first-order valence-corrected chi connectivity index (χ1v) is 10.0. The number of aromatic nitrogens is 2. The molecule has 8 heteroatoms. The van der Waals surface area contributed by atoms with E-state index in [1.807, 2.05) is 0 Å². The molecular weight excluding hydrogens is 388 g/mol. The Morgan fingerprint density at radius 3 is 2.67 bits per heavy atom. The van der Waals surface area contributed by atoms with Gasteiger partial charge in [0.05, 0.1) is 16.8 Å². The van der Waals surface area contributed by atoms with Gasteiger partial charge in [0.2, 0.25) is 0 Å². The van der Waals surface area contributed by atoms with Crippen LogP contribution in [0.3, 0.4) is 0 Å². The van der Waals surface area contributed by atoms with Gasteiger partial charge in [-0.25, -0.2) is 12.4 Å². The minimum Gasteiger partial charge on any atom is -0.481 e. The molecule has 0 saturated heterocycles. The molecule has 0 fully saturated rings. The van der Waals surface area contributed by atoms with Crippen molar-refractivity contribution in [2.75, 3.05) is 0 Å². The van der Waals surface area contributed by atoms with E-state index in [4.69, 9.17) is 16.7 Å². The standard InChI is InChI=1S/C19H15ClN2O4S/c20-14-1-5-18-13(9-14)10-15(2-6-19(23)24)22(18)27(25,26)16-3-4-17-12(11-16)7-8-21-17/h1,3-5,7-11,21H,2,6H2,(H,23,24). The zero-order chi connectivity index (χ0) is 19.2. The number of halogens is 1. The van der Waals surface area contributed by atoms with Crippen LogP contribution in [-0.4, -0.2) is 28.5 Å². The molecule has 0 aliphatic heterocycles. The Morgan fingerprint density at radius 1 is 1.07 bits per heavy atom.